The minimum absolute atomic E-state index is 0.00910. The van der Waals surface area contributed by atoms with Gasteiger partial charge in [-0.05, 0) is 25.1 Å². The molecule has 1 unspecified atom stereocenters. The Bertz CT molecular complexity index is 426. The first-order valence-electron chi connectivity index (χ1n) is 4.75. The van der Waals surface area contributed by atoms with Crippen molar-refractivity contribution in [1.82, 2.24) is 0 Å². The quantitative estimate of drug-likeness (QED) is 0.894. The Morgan fingerprint density at radius 2 is 2.00 bits per heavy atom. The molecular formula is C11H11F3O3. The van der Waals surface area contributed by atoms with E-state index in [0.29, 0.717) is 0 Å². The van der Waals surface area contributed by atoms with Crippen LogP contribution in [0.2, 0.25) is 0 Å². The predicted octanol–water partition coefficient (Wildman–Crippen LogP) is 2.90. The standard InChI is InChI=1S/C11H11F3O3/c1-6(10(15)16)8-5-7(11(12,13)14)3-4-9(8)17-2/h3-6H,1-2H3,(H,15,16). The van der Waals surface area contributed by atoms with Gasteiger partial charge in [0.2, 0.25) is 0 Å². The number of methoxy groups -OCH3 is 1. The SMILES string of the molecule is COc1ccc(C(F)(F)F)cc1C(C)C(=O)O. The number of hydrogen-bond acceptors (Lipinski definition) is 2. The maximum absolute atomic E-state index is 12.5. The van der Waals surface area contributed by atoms with Gasteiger partial charge in [0.1, 0.15) is 5.75 Å². The van der Waals surface area contributed by atoms with Gasteiger partial charge >= 0.3 is 12.1 Å². The normalized spacial score (nSPS) is 13.2. The number of aliphatic carboxylic acids is 1. The fourth-order valence-corrected chi connectivity index (χ4v) is 1.38. The van der Waals surface area contributed by atoms with Gasteiger partial charge in [-0.1, -0.05) is 0 Å². The van der Waals surface area contributed by atoms with Gasteiger partial charge in [0.15, 0.2) is 0 Å². The molecule has 1 aromatic carbocycles. The van der Waals surface area contributed by atoms with Gasteiger partial charge in [0.25, 0.3) is 0 Å². The Morgan fingerprint density at radius 3 is 2.41 bits per heavy atom. The van der Waals surface area contributed by atoms with Gasteiger partial charge in [-0.3, -0.25) is 4.79 Å². The number of hydrogen-bond donors (Lipinski definition) is 1. The Kier molecular flexibility index (Phi) is 3.65. The first-order chi connectivity index (χ1) is 7.77. The van der Waals surface area contributed by atoms with Crippen LogP contribution in [-0.4, -0.2) is 18.2 Å². The number of rotatable bonds is 3. The average Bonchev–Trinajstić information content (AvgIpc) is 2.25. The van der Waals surface area contributed by atoms with Crippen LogP contribution in [0.5, 0.6) is 5.75 Å². The molecule has 0 radical (unpaired) electrons. The molecule has 1 N–H and O–H groups in total. The lowest BCUT2D eigenvalue weighted by Gasteiger charge is -2.15. The van der Waals surface area contributed by atoms with Crippen LogP contribution in [-0.2, 0) is 11.0 Å². The zero-order valence-electron chi connectivity index (χ0n) is 9.21. The minimum Gasteiger partial charge on any atom is -0.496 e. The highest BCUT2D eigenvalue weighted by Gasteiger charge is 2.32. The second-order valence-electron chi connectivity index (χ2n) is 3.51. The first-order valence-corrected chi connectivity index (χ1v) is 4.75. The summed E-state index contributed by atoms with van der Waals surface area (Å²) in [6.07, 6.45) is -4.50. The van der Waals surface area contributed by atoms with Gasteiger partial charge in [0.05, 0.1) is 18.6 Å². The third kappa shape index (κ3) is 2.89. The zero-order valence-corrected chi connectivity index (χ0v) is 9.21. The Hall–Kier alpha value is -1.72. The van der Waals surface area contributed by atoms with E-state index in [0.717, 1.165) is 18.2 Å². The van der Waals surface area contributed by atoms with E-state index < -0.39 is 23.6 Å². The van der Waals surface area contributed by atoms with Gasteiger partial charge in [-0.15, -0.1) is 0 Å². The molecule has 0 aromatic heterocycles. The van der Waals surface area contributed by atoms with Crippen LogP contribution in [0.25, 0.3) is 0 Å². The monoisotopic (exact) mass is 248 g/mol. The number of benzene rings is 1. The van der Waals surface area contributed by atoms with Crippen molar-refractivity contribution in [1.29, 1.82) is 0 Å². The molecule has 0 aliphatic carbocycles. The Labute approximate surface area is 95.8 Å². The van der Waals surface area contributed by atoms with Gasteiger partial charge in [-0.2, -0.15) is 13.2 Å². The van der Waals surface area contributed by atoms with E-state index in [2.05, 4.69) is 0 Å². The van der Waals surface area contributed by atoms with Crippen molar-refractivity contribution < 1.29 is 27.8 Å². The summed E-state index contributed by atoms with van der Waals surface area (Å²) in [7, 11) is 1.28. The number of carbonyl (C=O) groups is 1. The second-order valence-corrected chi connectivity index (χ2v) is 3.51. The van der Waals surface area contributed by atoms with Crippen LogP contribution in [0.4, 0.5) is 13.2 Å². The molecule has 0 spiro atoms. The summed E-state index contributed by atoms with van der Waals surface area (Å²) in [5.41, 5.74) is -0.878. The third-order valence-corrected chi connectivity index (χ3v) is 2.39. The smallest absolute Gasteiger partial charge is 0.416 e. The molecule has 0 bridgehead atoms. The average molecular weight is 248 g/mol. The van der Waals surface area contributed by atoms with E-state index in [9.17, 15) is 18.0 Å². The Morgan fingerprint density at radius 1 is 1.41 bits per heavy atom. The summed E-state index contributed by atoms with van der Waals surface area (Å²) in [4.78, 5) is 10.8. The molecule has 6 heteroatoms. The van der Waals surface area contributed by atoms with Gasteiger partial charge < -0.3 is 9.84 Å². The van der Waals surface area contributed by atoms with E-state index in [-0.39, 0.29) is 11.3 Å². The van der Waals surface area contributed by atoms with Crippen LogP contribution in [0.1, 0.15) is 24.0 Å². The molecule has 0 saturated carbocycles. The van der Waals surface area contributed by atoms with Crippen molar-refractivity contribution in [3.8, 4) is 5.75 Å². The van der Waals surface area contributed by atoms with Crippen molar-refractivity contribution >= 4 is 5.97 Å². The second kappa shape index (κ2) is 4.65. The number of halogens is 3. The zero-order chi connectivity index (χ0) is 13.2. The van der Waals surface area contributed by atoms with Crippen molar-refractivity contribution in [3.05, 3.63) is 29.3 Å². The Balaban J connectivity index is 3.29. The van der Waals surface area contributed by atoms with E-state index in [1.165, 1.54) is 14.0 Å². The van der Waals surface area contributed by atoms with Crippen LogP contribution >= 0.6 is 0 Å². The fourth-order valence-electron chi connectivity index (χ4n) is 1.38. The van der Waals surface area contributed by atoms with E-state index >= 15 is 0 Å². The van der Waals surface area contributed by atoms with Crippen LogP contribution in [0.3, 0.4) is 0 Å². The van der Waals surface area contributed by atoms with Gasteiger partial charge in [-0.25, -0.2) is 0 Å². The predicted molar refractivity (Wildman–Crippen MR) is 54.0 cm³/mol. The van der Waals surface area contributed by atoms with Gasteiger partial charge in [0, 0.05) is 5.56 Å². The van der Waals surface area contributed by atoms with Crippen LogP contribution in [0.15, 0.2) is 18.2 Å². The summed E-state index contributed by atoms with van der Waals surface area (Å²) in [6, 6.07) is 2.78. The van der Waals surface area contributed by atoms with E-state index in [1.807, 2.05) is 0 Å². The molecule has 94 valence electrons. The first kappa shape index (κ1) is 13.3. The highest BCUT2D eigenvalue weighted by atomic mass is 19.4. The minimum atomic E-state index is -4.50. The lowest BCUT2D eigenvalue weighted by atomic mass is 9.98. The molecule has 1 rings (SSSR count). The van der Waals surface area contributed by atoms with Crippen molar-refractivity contribution in [2.45, 2.75) is 19.0 Å². The highest BCUT2D eigenvalue weighted by molar-refractivity contribution is 5.76. The third-order valence-electron chi connectivity index (χ3n) is 2.39. The number of ether oxygens (including phenoxy) is 1. The summed E-state index contributed by atoms with van der Waals surface area (Å²) in [5, 5.41) is 8.81. The molecule has 17 heavy (non-hydrogen) atoms. The summed E-state index contributed by atoms with van der Waals surface area (Å²) >= 11 is 0. The molecule has 0 heterocycles. The van der Waals surface area contributed by atoms with E-state index in [1.54, 1.807) is 0 Å². The molecule has 3 nitrogen and oxygen atoms in total. The van der Waals surface area contributed by atoms with Crippen molar-refractivity contribution in [3.63, 3.8) is 0 Å². The highest BCUT2D eigenvalue weighted by Crippen LogP contribution is 2.35. The molecular weight excluding hydrogens is 237 g/mol. The topological polar surface area (TPSA) is 46.5 Å². The summed E-state index contributed by atoms with van der Waals surface area (Å²) < 4.78 is 42.3. The largest absolute Gasteiger partial charge is 0.496 e. The van der Waals surface area contributed by atoms with Crippen LogP contribution < -0.4 is 4.74 Å². The molecule has 0 saturated heterocycles. The number of carboxylic acids is 1. The molecule has 1 aromatic rings. The molecule has 0 aliphatic heterocycles. The fraction of sp³-hybridized carbons (Fsp3) is 0.364. The summed E-state index contributed by atoms with van der Waals surface area (Å²) in [6.45, 7) is 1.31. The van der Waals surface area contributed by atoms with E-state index in [4.69, 9.17) is 9.84 Å². The maximum atomic E-state index is 12.5. The van der Waals surface area contributed by atoms with Crippen LogP contribution in [0, 0.1) is 0 Å². The maximum Gasteiger partial charge on any atom is 0.416 e. The summed E-state index contributed by atoms with van der Waals surface area (Å²) in [5.74, 6) is -2.14. The van der Waals surface area contributed by atoms with Crippen molar-refractivity contribution in [2.75, 3.05) is 7.11 Å². The molecule has 1 atom stereocenters. The number of carboxylic acid groups (broad SMARTS) is 1. The lowest BCUT2D eigenvalue weighted by molar-refractivity contribution is -0.140. The lowest BCUT2D eigenvalue weighted by Crippen LogP contribution is -2.12. The number of alkyl halides is 3. The van der Waals surface area contributed by atoms with Crippen molar-refractivity contribution in [2.24, 2.45) is 0 Å². The molecule has 0 amide bonds. The molecule has 0 aliphatic rings. The molecule has 0 fully saturated rings.